The van der Waals surface area contributed by atoms with E-state index in [1.807, 2.05) is 53.4 Å². The summed E-state index contributed by atoms with van der Waals surface area (Å²) in [5.41, 5.74) is 3.22. The van der Waals surface area contributed by atoms with E-state index in [1.165, 1.54) is 0 Å². The molecule has 0 bridgehead atoms. The number of benzene rings is 2. The van der Waals surface area contributed by atoms with E-state index < -0.39 is 11.8 Å². The van der Waals surface area contributed by atoms with Crippen LogP contribution in [0.3, 0.4) is 0 Å². The van der Waals surface area contributed by atoms with Crippen LogP contribution in [0.2, 0.25) is 0 Å². The maximum absolute atomic E-state index is 13.2. The molecule has 196 valence electrons. The predicted molar refractivity (Wildman–Crippen MR) is 139 cm³/mol. The Bertz CT molecular complexity index is 1160. The van der Waals surface area contributed by atoms with Crippen LogP contribution in [0, 0.1) is 0 Å². The lowest BCUT2D eigenvalue weighted by molar-refractivity contribution is -0.136. The van der Waals surface area contributed by atoms with Crippen molar-refractivity contribution in [2.45, 2.75) is 70.9 Å². The van der Waals surface area contributed by atoms with E-state index in [9.17, 15) is 9.59 Å². The molecule has 2 aromatic carbocycles. The zero-order valence-electron chi connectivity index (χ0n) is 21.6. The summed E-state index contributed by atoms with van der Waals surface area (Å²) < 4.78 is 10.9. The molecule has 0 spiro atoms. The van der Waals surface area contributed by atoms with Crippen LogP contribution < -0.4 is 0 Å². The van der Waals surface area contributed by atoms with Gasteiger partial charge < -0.3 is 14.4 Å². The van der Waals surface area contributed by atoms with Crippen LogP contribution in [0.5, 0.6) is 0 Å². The highest BCUT2D eigenvalue weighted by Gasteiger charge is 2.41. The number of unbranched alkanes of at least 4 members (excludes halogenated alkanes) is 1. The van der Waals surface area contributed by atoms with E-state index in [0.717, 1.165) is 60.8 Å². The topological polar surface area (TPSA) is 110 Å². The molecule has 1 heterocycles. The maximum atomic E-state index is 13.2. The lowest BCUT2D eigenvalue weighted by atomic mass is 9.97. The van der Waals surface area contributed by atoms with Crippen molar-refractivity contribution in [1.82, 2.24) is 25.5 Å². The van der Waals surface area contributed by atoms with Crippen molar-refractivity contribution in [2.75, 3.05) is 13.2 Å². The Balaban J connectivity index is 1.54. The number of H-pyrrole nitrogens is 1. The van der Waals surface area contributed by atoms with Gasteiger partial charge in [0, 0.05) is 18.5 Å². The highest BCUT2D eigenvalue weighted by molar-refractivity contribution is 5.80. The monoisotopic (exact) mass is 505 g/mol. The van der Waals surface area contributed by atoms with Gasteiger partial charge in [0.05, 0.1) is 13.2 Å². The minimum Gasteiger partial charge on any atom is -0.435 e. The third kappa shape index (κ3) is 6.72. The predicted octanol–water partition coefficient (Wildman–Crippen LogP) is 5.54. The van der Waals surface area contributed by atoms with Gasteiger partial charge in [0.25, 0.3) is 0 Å². The van der Waals surface area contributed by atoms with E-state index in [-0.39, 0.29) is 12.5 Å². The number of carbonyl (C=O) groups excluding carboxylic acids is 2. The van der Waals surface area contributed by atoms with Crippen LogP contribution in [0.25, 0.3) is 22.5 Å². The third-order valence-electron chi connectivity index (χ3n) is 6.80. The van der Waals surface area contributed by atoms with E-state index in [4.69, 9.17) is 9.47 Å². The molecule has 0 saturated heterocycles. The molecule has 1 fully saturated rings. The third-order valence-corrected chi connectivity index (χ3v) is 6.80. The van der Waals surface area contributed by atoms with Crippen molar-refractivity contribution >= 4 is 12.1 Å². The maximum Gasteiger partial charge on any atom is 0.508 e. The second-order valence-corrected chi connectivity index (χ2v) is 9.51. The summed E-state index contributed by atoms with van der Waals surface area (Å²) >= 11 is 0. The summed E-state index contributed by atoms with van der Waals surface area (Å²) in [6, 6.07) is 16.1. The number of carbonyl (C=O) groups is 2. The SMILES string of the molecule is CCCCC(=O)N(Cc1ccc(-c2ccccc2-c2nn[nH]n2)cc1)CC1(OC(=O)OCC)CCCC1. The number of ether oxygens (including phenoxy) is 2. The van der Waals surface area contributed by atoms with Crippen molar-refractivity contribution in [3.05, 3.63) is 54.1 Å². The van der Waals surface area contributed by atoms with Gasteiger partial charge in [0.15, 0.2) is 0 Å². The molecule has 1 aromatic heterocycles. The Hall–Kier alpha value is -3.75. The van der Waals surface area contributed by atoms with Crippen molar-refractivity contribution in [1.29, 1.82) is 0 Å². The molecule has 4 rings (SSSR count). The lowest BCUT2D eigenvalue weighted by Gasteiger charge is -2.35. The van der Waals surface area contributed by atoms with Gasteiger partial charge in [-0.25, -0.2) is 4.79 Å². The number of amides is 1. The molecule has 1 aliphatic rings. The smallest absolute Gasteiger partial charge is 0.435 e. The van der Waals surface area contributed by atoms with Gasteiger partial charge in [-0.3, -0.25) is 4.79 Å². The molecule has 9 nitrogen and oxygen atoms in total. The van der Waals surface area contributed by atoms with Crippen molar-refractivity contribution in [3.8, 4) is 22.5 Å². The Kier molecular flexibility index (Phi) is 8.87. The first-order valence-electron chi connectivity index (χ1n) is 13.1. The summed E-state index contributed by atoms with van der Waals surface area (Å²) in [5.74, 6) is 0.614. The minimum absolute atomic E-state index is 0.0760. The quantitative estimate of drug-likeness (QED) is 0.341. The van der Waals surface area contributed by atoms with Crippen molar-refractivity contribution in [2.24, 2.45) is 0 Å². The number of aromatic amines is 1. The van der Waals surface area contributed by atoms with Crippen LogP contribution >= 0.6 is 0 Å². The first kappa shape index (κ1) is 26.3. The van der Waals surface area contributed by atoms with Gasteiger partial charge in [0.2, 0.25) is 11.7 Å². The number of hydrogen-bond acceptors (Lipinski definition) is 7. The second-order valence-electron chi connectivity index (χ2n) is 9.51. The van der Waals surface area contributed by atoms with Crippen LogP contribution in [0.4, 0.5) is 4.79 Å². The Morgan fingerprint density at radius 2 is 1.76 bits per heavy atom. The van der Waals surface area contributed by atoms with Crippen molar-refractivity contribution in [3.63, 3.8) is 0 Å². The fourth-order valence-corrected chi connectivity index (χ4v) is 4.92. The first-order valence-corrected chi connectivity index (χ1v) is 13.1. The van der Waals surface area contributed by atoms with Crippen LogP contribution in [-0.2, 0) is 20.8 Å². The molecule has 37 heavy (non-hydrogen) atoms. The zero-order valence-corrected chi connectivity index (χ0v) is 21.6. The fourth-order valence-electron chi connectivity index (χ4n) is 4.92. The Morgan fingerprint density at radius 3 is 2.41 bits per heavy atom. The van der Waals surface area contributed by atoms with Crippen LogP contribution in [0.1, 0.15) is 64.4 Å². The van der Waals surface area contributed by atoms with Crippen LogP contribution in [-0.4, -0.2) is 56.3 Å². The first-order chi connectivity index (χ1) is 18.0. The molecule has 0 radical (unpaired) electrons. The molecule has 0 aliphatic heterocycles. The van der Waals surface area contributed by atoms with E-state index >= 15 is 0 Å². The molecule has 1 saturated carbocycles. The van der Waals surface area contributed by atoms with Gasteiger partial charge >= 0.3 is 6.16 Å². The number of nitrogens with one attached hydrogen (secondary N) is 1. The highest BCUT2D eigenvalue weighted by atomic mass is 16.7. The number of aromatic nitrogens is 4. The molecule has 1 aliphatic carbocycles. The number of hydrogen-bond donors (Lipinski definition) is 1. The van der Waals surface area contributed by atoms with Gasteiger partial charge in [0.1, 0.15) is 5.60 Å². The van der Waals surface area contributed by atoms with Gasteiger partial charge in [-0.15, -0.1) is 10.2 Å². The number of nitrogens with zero attached hydrogens (tertiary/aromatic N) is 4. The molecular weight excluding hydrogens is 470 g/mol. The van der Waals surface area contributed by atoms with E-state index in [1.54, 1.807) is 6.92 Å². The Labute approximate surface area is 217 Å². The van der Waals surface area contributed by atoms with Crippen LogP contribution in [0.15, 0.2) is 48.5 Å². The van der Waals surface area contributed by atoms with Crippen molar-refractivity contribution < 1.29 is 19.1 Å². The largest absolute Gasteiger partial charge is 0.508 e. The fraction of sp³-hybridized carbons (Fsp3) is 0.464. The summed E-state index contributed by atoms with van der Waals surface area (Å²) in [5, 5.41) is 14.4. The summed E-state index contributed by atoms with van der Waals surface area (Å²) in [7, 11) is 0. The molecule has 0 atom stereocenters. The van der Waals surface area contributed by atoms with Gasteiger partial charge in [-0.1, -0.05) is 61.9 Å². The molecular formula is C28H35N5O4. The lowest BCUT2D eigenvalue weighted by Crippen LogP contribution is -2.46. The van der Waals surface area contributed by atoms with E-state index in [2.05, 4.69) is 27.5 Å². The average Bonchev–Trinajstić information content (AvgIpc) is 3.60. The molecule has 3 aromatic rings. The number of tetrazole rings is 1. The highest BCUT2D eigenvalue weighted by Crippen LogP contribution is 2.35. The molecule has 1 amide bonds. The summed E-state index contributed by atoms with van der Waals surface area (Å²) in [6.45, 7) is 4.91. The molecule has 9 heteroatoms. The molecule has 0 unspecified atom stereocenters. The Morgan fingerprint density at radius 1 is 1.03 bits per heavy atom. The summed E-state index contributed by atoms with van der Waals surface area (Å²) in [4.78, 5) is 27.3. The zero-order chi connectivity index (χ0) is 26.1. The minimum atomic E-state index is -0.697. The summed E-state index contributed by atoms with van der Waals surface area (Å²) in [6.07, 6.45) is 4.98. The van der Waals surface area contributed by atoms with Gasteiger partial charge in [-0.05, 0) is 60.9 Å². The molecule has 1 N–H and O–H groups in total. The standard InChI is InChI=1S/C28H35N5O4/c1-3-5-12-25(34)33(20-28(17-8-9-18-28)37-27(35)36-4-2)19-21-13-15-22(16-14-21)23-10-6-7-11-24(23)26-29-31-32-30-26/h6-7,10-11,13-16H,3-5,8-9,12,17-20H2,1-2H3,(H,29,30,31,32). The van der Waals surface area contributed by atoms with E-state index in [0.29, 0.717) is 25.3 Å². The van der Waals surface area contributed by atoms with Gasteiger partial charge in [-0.2, -0.15) is 5.21 Å². The normalized spacial score (nSPS) is 14.3. The second kappa shape index (κ2) is 12.5. The number of rotatable bonds is 11. The average molecular weight is 506 g/mol.